The topological polar surface area (TPSA) is 9.23 Å². The first-order chi connectivity index (χ1) is 4.41. The summed E-state index contributed by atoms with van der Waals surface area (Å²) < 4.78 is 5.18. The van der Waals surface area contributed by atoms with Crippen molar-refractivity contribution < 1.29 is 4.74 Å². The lowest BCUT2D eigenvalue weighted by molar-refractivity contribution is -0.0828. The maximum absolute atomic E-state index is 5.18. The zero-order valence-electron chi connectivity index (χ0n) is 4.96. The molecule has 1 spiro atoms. The van der Waals surface area contributed by atoms with E-state index in [1.54, 1.807) is 0 Å². The fraction of sp³-hybridized carbons (Fsp3) is 1.00. The van der Waals surface area contributed by atoms with E-state index in [1.165, 1.54) is 11.5 Å². The summed E-state index contributed by atoms with van der Waals surface area (Å²) in [6, 6.07) is 0. The molecule has 1 nitrogen and oxygen atoms in total. The summed E-state index contributed by atoms with van der Waals surface area (Å²) in [7, 11) is 5.88. The molecule has 0 aliphatic carbocycles. The van der Waals surface area contributed by atoms with Gasteiger partial charge in [-0.15, -0.1) is 0 Å². The second-order valence-corrected chi connectivity index (χ2v) is 6.82. The van der Waals surface area contributed by atoms with Crippen LogP contribution in [0.4, 0.5) is 0 Å². The van der Waals surface area contributed by atoms with Gasteiger partial charge < -0.3 is 4.74 Å². The third-order valence-corrected chi connectivity index (χ3v) is 6.31. The van der Waals surface area contributed by atoms with Gasteiger partial charge in [0.25, 0.3) is 0 Å². The average Bonchev–Trinajstić information content (AvgIpc) is 1.87. The second-order valence-electron chi connectivity index (χ2n) is 2.59. The molecule has 0 saturated carbocycles. The smallest absolute Gasteiger partial charge is 0.0561 e. The van der Waals surface area contributed by atoms with Gasteiger partial charge in [0.05, 0.1) is 13.2 Å². The monoisotopic (exact) mass is 180 g/mol. The normalized spacial score (nSPS) is 32.0. The van der Waals surface area contributed by atoms with Crippen LogP contribution in [0.25, 0.3) is 0 Å². The van der Waals surface area contributed by atoms with Crippen LogP contribution < -0.4 is 0 Å². The molecule has 0 unspecified atom stereocenters. The Labute approximate surface area is 66.5 Å². The summed E-state index contributed by atoms with van der Waals surface area (Å²) in [5.41, 5.74) is 0.584. The van der Waals surface area contributed by atoms with Crippen molar-refractivity contribution in [2.24, 2.45) is 5.41 Å². The van der Waals surface area contributed by atoms with Crippen LogP contribution in [0.3, 0.4) is 0 Å². The van der Waals surface area contributed by atoms with Gasteiger partial charge in [0.2, 0.25) is 0 Å². The molecule has 2 fully saturated rings. The van der Waals surface area contributed by atoms with Gasteiger partial charge in [-0.1, -0.05) is 21.6 Å². The summed E-state index contributed by atoms with van der Waals surface area (Å²) in [6.07, 6.45) is 0. The number of hydrogen-bond donors (Lipinski definition) is 0. The lowest BCUT2D eigenvalue weighted by Crippen LogP contribution is -2.47. The highest BCUT2D eigenvalue weighted by molar-refractivity contribution is 9.09. The Hall–Kier alpha value is 1.01. The van der Waals surface area contributed by atoms with Gasteiger partial charge in [0.1, 0.15) is 0 Å². The highest BCUT2D eigenvalue weighted by atomic mass is 33.5. The molecule has 0 bridgehead atoms. The van der Waals surface area contributed by atoms with Gasteiger partial charge >= 0.3 is 0 Å². The number of hydrogen-bond acceptors (Lipinski definition) is 4. The molecule has 0 atom stereocenters. The van der Waals surface area contributed by atoms with Crippen molar-refractivity contribution in [2.45, 2.75) is 0 Å². The third kappa shape index (κ3) is 1.23. The minimum Gasteiger partial charge on any atom is -0.380 e. The summed E-state index contributed by atoms with van der Waals surface area (Å²) in [4.78, 5) is 0. The molecule has 2 rings (SSSR count). The lowest BCUT2D eigenvalue weighted by Gasteiger charge is -2.42. The number of rotatable bonds is 0. The molecule has 2 saturated heterocycles. The maximum atomic E-state index is 5.18. The van der Waals surface area contributed by atoms with Gasteiger partial charge in [0.15, 0.2) is 0 Å². The van der Waals surface area contributed by atoms with Crippen LogP contribution in [-0.2, 0) is 4.74 Å². The van der Waals surface area contributed by atoms with E-state index in [2.05, 4.69) is 0 Å². The first kappa shape index (κ1) is 6.70. The van der Waals surface area contributed by atoms with E-state index in [-0.39, 0.29) is 0 Å². The Morgan fingerprint density at radius 1 is 1.11 bits per heavy atom. The SMILES string of the molecule is C1OCC12CSSSC2. The van der Waals surface area contributed by atoms with Crippen molar-refractivity contribution in [3.8, 4) is 0 Å². The van der Waals surface area contributed by atoms with E-state index in [1.807, 2.05) is 31.4 Å². The zero-order chi connectivity index (χ0) is 6.16. The van der Waals surface area contributed by atoms with Crippen LogP contribution in [0, 0.1) is 5.41 Å². The van der Waals surface area contributed by atoms with Gasteiger partial charge in [-0.3, -0.25) is 0 Å². The minimum atomic E-state index is 0.584. The van der Waals surface area contributed by atoms with Crippen LogP contribution in [0.1, 0.15) is 0 Å². The van der Waals surface area contributed by atoms with E-state index in [0.717, 1.165) is 13.2 Å². The van der Waals surface area contributed by atoms with E-state index >= 15 is 0 Å². The molecule has 9 heavy (non-hydrogen) atoms. The molecule has 2 aliphatic rings. The van der Waals surface area contributed by atoms with Crippen molar-refractivity contribution in [3.05, 3.63) is 0 Å². The van der Waals surface area contributed by atoms with Gasteiger partial charge in [0, 0.05) is 16.9 Å². The second kappa shape index (κ2) is 2.57. The summed E-state index contributed by atoms with van der Waals surface area (Å²) >= 11 is 0. The maximum Gasteiger partial charge on any atom is 0.0561 e. The highest BCUT2D eigenvalue weighted by Crippen LogP contribution is 2.50. The third-order valence-electron chi connectivity index (χ3n) is 1.64. The first-order valence-corrected chi connectivity index (χ1v) is 6.72. The highest BCUT2D eigenvalue weighted by Gasteiger charge is 2.40. The Balaban J connectivity index is 1.93. The van der Waals surface area contributed by atoms with Crippen molar-refractivity contribution >= 4 is 31.4 Å². The van der Waals surface area contributed by atoms with E-state index in [0.29, 0.717) is 5.41 Å². The molecular formula is C5H8OS3. The molecule has 52 valence electrons. The molecule has 2 heterocycles. The van der Waals surface area contributed by atoms with E-state index in [9.17, 15) is 0 Å². The molecule has 0 aromatic carbocycles. The lowest BCUT2D eigenvalue weighted by atomic mass is 9.91. The Morgan fingerprint density at radius 3 is 2.11 bits per heavy atom. The van der Waals surface area contributed by atoms with Gasteiger partial charge in [-0.25, -0.2) is 0 Å². The summed E-state index contributed by atoms with van der Waals surface area (Å²) in [6.45, 7) is 2.02. The quantitative estimate of drug-likeness (QED) is 0.527. The van der Waals surface area contributed by atoms with Gasteiger partial charge in [-0.2, -0.15) is 0 Å². The minimum absolute atomic E-state index is 0.584. The molecule has 4 heteroatoms. The van der Waals surface area contributed by atoms with Crippen molar-refractivity contribution in [1.82, 2.24) is 0 Å². The Morgan fingerprint density at radius 2 is 1.78 bits per heavy atom. The predicted molar refractivity (Wildman–Crippen MR) is 45.8 cm³/mol. The molecule has 2 aliphatic heterocycles. The van der Waals surface area contributed by atoms with Crippen molar-refractivity contribution in [1.29, 1.82) is 0 Å². The average molecular weight is 180 g/mol. The van der Waals surface area contributed by atoms with Crippen molar-refractivity contribution in [3.63, 3.8) is 0 Å². The largest absolute Gasteiger partial charge is 0.380 e. The summed E-state index contributed by atoms with van der Waals surface area (Å²) in [5, 5.41) is 0. The fourth-order valence-corrected chi connectivity index (χ4v) is 5.73. The molecule has 0 radical (unpaired) electrons. The van der Waals surface area contributed by atoms with Crippen LogP contribution in [0.5, 0.6) is 0 Å². The molecule has 0 aromatic rings. The van der Waals surface area contributed by atoms with Crippen LogP contribution in [0.15, 0.2) is 0 Å². The van der Waals surface area contributed by atoms with E-state index in [4.69, 9.17) is 4.74 Å². The number of ether oxygens (including phenoxy) is 1. The Bertz CT molecular complexity index is 105. The zero-order valence-corrected chi connectivity index (χ0v) is 7.41. The van der Waals surface area contributed by atoms with Crippen molar-refractivity contribution in [2.75, 3.05) is 24.7 Å². The Kier molecular flexibility index (Phi) is 1.91. The van der Waals surface area contributed by atoms with Crippen LogP contribution in [0.2, 0.25) is 0 Å². The molecule has 0 amide bonds. The predicted octanol–water partition coefficient (Wildman–Crippen LogP) is 2.05. The molecule has 0 N–H and O–H groups in total. The first-order valence-electron chi connectivity index (χ1n) is 2.90. The standard InChI is InChI=1S/C5H8OS3/c1-5(2-6-1)3-7-9-8-4-5/h1-4H2. The molecular weight excluding hydrogens is 172 g/mol. The fourth-order valence-electron chi connectivity index (χ4n) is 0.931. The molecule has 0 aromatic heterocycles. The summed E-state index contributed by atoms with van der Waals surface area (Å²) in [5.74, 6) is 2.59. The van der Waals surface area contributed by atoms with Crippen LogP contribution in [-0.4, -0.2) is 24.7 Å². The van der Waals surface area contributed by atoms with E-state index < -0.39 is 0 Å². The van der Waals surface area contributed by atoms with Crippen LogP contribution >= 0.6 is 31.4 Å². The van der Waals surface area contributed by atoms with Gasteiger partial charge in [-0.05, 0) is 9.83 Å².